The highest BCUT2D eigenvalue weighted by Crippen LogP contribution is 2.48. The molecular formula is C28H46O5. The third kappa shape index (κ3) is 7.99. The van der Waals surface area contributed by atoms with Crippen LogP contribution in [0.2, 0.25) is 0 Å². The van der Waals surface area contributed by atoms with Crippen LogP contribution in [0.5, 0.6) is 23.0 Å². The molecule has 0 radical (unpaired) electrons. The van der Waals surface area contributed by atoms with Gasteiger partial charge in [-0.3, -0.25) is 4.79 Å². The molecule has 0 aromatic heterocycles. The van der Waals surface area contributed by atoms with Gasteiger partial charge in [0, 0.05) is 5.56 Å². The molecule has 5 heteroatoms. The van der Waals surface area contributed by atoms with Gasteiger partial charge in [-0.25, -0.2) is 0 Å². The van der Waals surface area contributed by atoms with E-state index in [0.29, 0.717) is 23.0 Å². The molecule has 0 aliphatic heterocycles. The molecule has 0 atom stereocenters. The van der Waals surface area contributed by atoms with Gasteiger partial charge in [0.1, 0.15) is 0 Å². The fourth-order valence-corrected chi connectivity index (χ4v) is 3.44. The summed E-state index contributed by atoms with van der Waals surface area (Å²) >= 11 is 0. The smallest absolute Gasteiger partial charge is 0.220 e. The summed E-state index contributed by atoms with van der Waals surface area (Å²) in [5.41, 5.74) is 3.89. The van der Waals surface area contributed by atoms with Crippen molar-refractivity contribution in [3.05, 3.63) is 45.6 Å². The first-order chi connectivity index (χ1) is 16.1. The Labute approximate surface area is 202 Å². The van der Waals surface area contributed by atoms with E-state index >= 15 is 0 Å². The van der Waals surface area contributed by atoms with Crippen LogP contribution in [0.4, 0.5) is 0 Å². The zero-order chi connectivity index (χ0) is 26.0. The summed E-state index contributed by atoms with van der Waals surface area (Å²) in [5.74, 6) is 2.15. The Kier molecular flexibility index (Phi) is 18.5. The number of methoxy groups -OCH3 is 4. The van der Waals surface area contributed by atoms with Crippen LogP contribution in [0.25, 0.3) is 11.1 Å². The van der Waals surface area contributed by atoms with Crippen LogP contribution >= 0.6 is 0 Å². The molecule has 0 spiro atoms. The van der Waals surface area contributed by atoms with Crippen LogP contribution in [-0.2, 0) is 12.8 Å². The summed E-state index contributed by atoms with van der Waals surface area (Å²) in [6.45, 7) is 16.0. The zero-order valence-corrected chi connectivity index (χ0v) is 23.0. The van der Waals surface area contributed by atoms with Crippen LogP contribution in [0, 0.1) is 0 Å². The Morgan fingerprint density at radius 2 is 1.12 bits per heavy atom. The molecule has 0 N–H and O–H groups in total. The monoisotopic (exact) mass is 462 g/mol. The summed E-state index contributed by atoms with van der Waals surface area (Å²) in [4.78, 5) is 12.3. The Morgan fingerprint density at radius 1 is 0.606 bits per heavy atom. The van der Waals surface area contributed by atoms with Gasteiger partial charge in [0.25, 0.3) is 0 Å². The Balaban J connectivity index is 0. The number of hydrogen-bond acceptors (Lipinski definition) is 5. The minimum atomic E-state index is -0.119. The van der Waals surface area contributed by atoms with E-state index in [1.807, 2.05) is 67.5 Å². The highest BCUT2D eigenvalue weighted by atomic mass is 16.5. The van der Waals surface area contributed by atoms with E-state index in [1.165, 1.54) is 7.11 Å². The average molecular weight is 463 g/mol. The van der Waals surface area contributed by atoms with Crippen molar-refractivity contribution in [2.75, 3.05) is 28.4 Å². The van der Waals surface area contributed by atoms with E-state index in [-0.39, 0.29) is 5.43 Å². The maximum Gasteiger partial charge on any atom is 0.220 e. The van der Waals surface area contributed by atoms with Gasteiger partial charge < -0.3 is 18.9 Å². The third-order valence-corrected chi connectivity index (χ3v) is 4.59. The van der Waals surface area contributed by atoms with E-state index in [9.17, 15) is 4.79 Å². The second-order valence-corrected chi connectivity index (χ2v) is 5.88. The lowest BCUT2D eigenvalue weighted by molar-refractivity contribution is 0.324. The standard InChI is InChI=1S/C20H22O5.4C2H6/c1-22-16-9-8-14-12(10-15(16)21)6-5-7-13-11-17(23-2)19(24-3)20(25-4)18(13)14;4*1-2/h8-11H,5-7H2,1-4H3;4*1-2H3. The van der Waals surface area contributed by atoms with Crippen LogP contribution in [0.15, 0.2) is 29.1 Å². The average Bonchev–Trinajstić information content (AvgIpc) is 3.16. The molecule has 3 rings (SSSR count). The van der Waals surface area contributed by atoms with Crippen LogP contribution < -0.4 is 24.4 Å². The molecule has 5 nitrogen and oxygen atoms in total. The molecule has 1 aliphatic carbocycles. The van der Waals surface area contributed by atoms with Crippen molar-refractivity contribution in [1.29, 1.82) is 0 Å². The SMILES string of the molecule is CC.CC.CC.CC.COc1cc2c(c(OC)c1OC)-c1ccc(OC)c(=O)cc1CCC2. The summed E-state index contributed by atoms with van der Waals surface area (Å²) < 4.78 is 21.9. The van der Waals surface area contributed by atoms with Gasteiger partial charge in [0.15, 0.2) is 17.2 Å². The van der Waals surface area contributed by atoms with Crippen LogP contribution in [0.1, 0.15) is 72.9 Å². The van der Waals surface area contributed by atoms with Gasteiger partial charge >= 0.3 is 0 Å². The molecular weight excluding hydrogens is 416 g/mol. The molecule has 0 fully saturated rings. The molecule has 188 valence electrons. The van der Waals surface area contributed by atoms with Crippen molar-refractivity contribution in [2.24, 2.45) is 0 Å². The predicted molar refractivity (Wildman–Crippen MR) is 142 cm³/mol. The molecule has 2 aromatic rings. The van der Waals surface area contributed by atoms with Crippen molar-refractivity contribution in [2.45, 2.75) is 74.7 Å². The van der Waals surface area contributed by atoms with Crippen molar-refractivity contribution < 1.29 is 18.9 Å². The highest BCUT2D eigenvalue weighted by Gasteiger charge is 2.25. The second-order valence-electron chi connectivity index (χ2n) is 5.88. The van der Waals surface area contributed by atoms with E-state index < -0.39 is 0 Å². The number of hydrogen-bond donors (Lipinski definition) is 0. The zero-order valence-electron chi connectivity index (χ0n) is 23.0. The van der Waals surface area contributed by atoms with Crippen molar-refractivity contribution in [3.8, 4) is 34.1 Å². The topological polar surface area (TPSA) is 54.0 Å². The number of fused-ring (bicyclic) bond motifs is 3. The number of benzene rings is 1. The Bertz CT molecular complexity index is 860. The Hall–Kier alpha value is -2.69. The maximum atomic E-state index is 12.3. The normalized spacial score (nSPS) is 10.2. The third-order valence-electron chi connectivity index (χ3n) is 4.59. The molecule has 0 heterocycles. The number of ether oxygens (including phenoxy) is 4. The summed E-state index contributed by atoms with van der Waals surface area (Å²) in [6.07, 6.45) is 2.62. The van der Waals surface area contributed by atoms with Gasteiger partial charge in [-0.2, -0.15) is 0 Å². The first-order valence-corrected chi connectivity index (χ1v) is 12.2. The lowest BCUT2D eigenvalue weighted by Gasteiger charge is -2.19. The van der Waals surface area contributed by atoms with Gasteiger partial charge in [-0.1, -0.05) is 61.5 Å². The lowest BCUT2D eigenvalue weighted by atomic mass is 9.96. The highest BCUT2D eigenvalue weighted by molar-refractivity contribution is 5.82. The summed E-state index contributed by atoms with van der Waals surface area (Å²) in [7, 11) is 6.33. The van der Waals surface area contributed by atoms with Gasteiger partial charge in [0.2, 0.25) is 11.2 Å². The molecule has 0 unspecified atom stereocenters. The molecule has 2 aromatic carbocycles. The van der Waals surface area contributed by atoms with Crippen LogP contribution in [0.3, 0.4) is 0 Å². The molecule has 0 bridgehead atoms. The van der Waals surface area contributed by atoms with E-state index in [0.717, 1.165) is 41.5 Å². The van der Waals surface area contributed by atoms with E-state index in [4.69, 9.17) is 18.9 Å². The van der Waals surface area contributed by atoms with Gasteiger partial charge in [-0.05, 0) is 54.2 Å². The fraction of sp³-hybridized carbons (Fsp3) is 0.536. The minimum absolute atomic E-state index is 0.119. The molecule has 33 heavy (non-hydrogen) atoms. The molecule has 0 amide bonds. The molecule has 0 saturated carbocycles. The van der Waals surface area contributed by atoms with Crippen molar-refractivity contribution in [1.82, 2.24) is 0 Å². The minimum Gasteiger partial charge on any atom is -0.493 e. The van der Waals surface area contributed by atoms with Crippen LogP contribution in [-0.4, -0.2) is 28.4 Å². The lowest BCUT2D eigenvalue weighted by Crippen LogP contribution is -2.01. The number of aryl methyl sites for hydroxylation is 2. The molecule has 1 aliphatic rings. The van der Waals surface area contributed by atoms with Crippen molar-refractivity contribution in [3.63, 3.8) is 0 Å². The first-order valence-electron chi connectivity index (χ1n) is 12.2. The first kappa shape index (κ1) is 32.5. The Morgan fingerprint density at radius 3 is 1.61 bits per heavy atom. The predicted octanol–water partition coefficient (Wildman–Crippen LogP) is 7.34. The second kappa shape index (κ2) is 18.8. The maximum absolute atomic E-state index is 12.3. The fourth-order valence-electron chi connectivity index (χ4n) is 3.44. The largest absolute Gasteiger partial charge is 0.493 e. The molecule has 0 saturated heterocycles. The quantitative estimate of drug-likeness (QED) is 0.476. The van der Waals surface area contributed by atoms with E-state index in [1.54, 1.807) is 33.5 Å². The summed E-state index contributed by atoms with van der Waals surface area (Å²) in [5, 5.41) is 0. The van der Waals surface area contributed by atoms with E-state index in [2.05, 4.69) is 0 Å². The van der Waals surface area contributed by atoms with Gasteiger partial charge in [0.05, 0.1) is 28.4 Å². The van der Waals surface area contributed by atoms with Crippen molar-refractivity contribution >= 4 is 0 Å². The van der Waals surface area contributed by atoms with Gasteiger partial charge in [-0.15, -0.1) is 0 Å². The summed E-state index contributed by atoms with van der Waals surface area (Å²) in [6, 6.07) is 7.30. The number of rotatable bonds is 4.